The predicted octanol–water partition coefficient (Wildman–Crippen LogP) is 4.78. The molecule has 2 aliphatic rings. The molecule has 152 valence electrons. The second kappa shape index (κ2) is 8.46. The summed E-state index contributed by atoms with van der Waals surface area (Å²) in [6, 6.07) is 13.1. The molecule has 0 radical (unpaired) electrons. The van der Waals surface area contributed by atoms with E-state index in [2.05, 4.69) is 5.32 Å². The Balaban J connectivity index is 1.56. The Bertz CT molecular complexity index is 924. The second-order valence-electron chi connectivity index (χ2n) is 7.84. The fourth-order valence-corrected chi connectivity index (χ4v) is 4.27. The number of benzene rings is 2. The van der Waals surface area contributed by atoms with Gasteiger partial charge in [0.25, 0.3) is 5.91 Å². The van der Waals surface area contributed by atoms with Crippen molar-refractivity contribution in [3.8, 4) is 5.75 Å². The van der Waals surface area contributed by atoms with E-state index in [0.29, 0.717) is 23.9 Å². The lowest BCUT2D eigenvalue weighted by atomic mass is 10.1. The monoisotopic (exact) mass is 412 g/mol. The highest BCUT2D eigenvalue weighted by molar-refractivity contribution is 6.31. The van der Waals surface area contributed by atoms with Crippen molar-refractivity contribution in [1.82, 2.24) is 4.90 Å². The summed E-state index contributed by atoms with van der Waals surface area (Å²) < 4.78 is 5.89. The molecule has 1 atom stereocenters. The van der Waals surface area contributed by atoms with Crippen LogP contribution in [-0.2, 0) is 22.7 Å². The Hall–Kier alpha value is -2.53. The number of halogens is 1. The van der Waals surface area contributed by atoms with E-state index in [-0.39, 0.29) is 17.7 Å². The average molecular weight is 413 g/mol. The minimum Gasteiger partial charge on any atom is -0.481 e. The van der Waals surface area contributed by atoms with E-state index < -0.39 is 6.10 Å². The van der Waals surface area contributed by atoms with Gasteiger partial charge in [0, 0.05) is 35.3 Å². The van der Waals surface area contributed by atoms with Crippen molar-refractivity contribution in [3.63, 3.8) is 0 Å². The third-order valence-electron chi connectivity index (χ3n) is 5.70. The van der Waals surface area contributed by atoms with Gasteiger partial charge in [0.15, 0.2) is 6.10 Å². The van der Waals surface area contributed by atoms with Gasteiger partial charge in [-0.25, -0.2) is 0 Å². The summed E-state index contributed by atoms with van der Waals surface area (Å²) in [5, 5.41) is 3.67. The number of hydrogen-bond acceptors (Lipinski definition) is 3. The molecule has 5 nitrogen and oxygen atoms in total. The molecule has 0 bridgehead atoms. The van der Waals surface area contributed by atoms with Crippen LogP contribution in [0.5, 0.6) is 5.75 Å². The first kappa shape index (κ1) is 19.8. The molecule has 1 aliphatic heterocycles. The SMILES string of the molecule is C[C@H]1Oc2ccc(NC(=O)C3CCCC3)cc2CN(Cc2ccccc2Cl)C1=O. The van der Waals surface area contributed by atoms with Crippen molar-refractivity contribution < 1.29 is 14.3 Å². The number of carbonyl (C=O) groups is 2. The fourth-order valence-electron chi connectivity index (χ4n) is 4.08. The number of nitrogens with zero attached hydrogens (tertiary/aromatic N) is 1. The molecular formula is C23H25ClN2O3. The van der Waals surface area contributed by atoms with E-state index in [0.717, 1.165) is 42.5 Å². The molecule has 1 N–H and O–H groups in total. The third kappa shape index (κ3) is 4.40. The Morgan fingerprint density at radius 2 is 1.97 bits per heavy atom. The van der Waals surface area contributed by atoms with Gasteiger partial charge in [0.2, 0.25) is 5.91 Å². The molecule has 1 aliphatic carbocycles. The number of fused-ring (bicyclic) bond motifs is 1. The Morgan fingerprint density at radius 3 is 2.72 bits per heavy atom. The van der Waals surface area contributed by atoms with Gasteiger partial charge in [0.05, 0.1) is 0 Å². The fraction of sp³-hybridized carbons (Fsp3) is 0.391. The maximum absolute atomic E-state index is 12.9. The van der Waals surface area contributed by atoms with Crippen LogP contribution in [0.3, 0.4) is 0 Å². The summed E-state index contributed by atoms with van der Waals surface area (Å²) in [6.07, 6.45) is 3.56. The van der Waals surface area contributed by atoms with Gasteiger partial charge in [-0.05, 0) is 49.6 Å². The highest BCUT2D eigenvalue weighted by Gasteiger charge is 2.29. The lowest BCUT2D eigenvalue weighted by Gasteiger charge is -2.22. The maximum Gasteiger partial charge on any atom is 0.263 e. The Labute approximate surface area is 176 Å². The molecule has 0 saturated heterocycles. The first-order valence-electron chi connectivity index (χ1n) is 10.1. The Morgan fingerprint density at radius 1 is 1.21 bits per heavy atom. The van der Waals surface area contributed by atoms with Crippen LogP contribution in [0.2, 0.25) is 5.02 Å². The number of ether oxygens (including phenoxy) is 1. The summed E-state index contributed by atoms with van der Waals surface area (Å²) in [5.74, 6) is 0.766. The molecule has 2 aromatic rings. The summed E-state index contributed by atoms with van der Waals surface area (Å²) >= 11 is 6.30. The smallest absolute Gasteiger partial charge is 0.263 e. The van der Waals surface area contributed by atoms with Gasteiger partial charge in [-0.15, -0.1) is 0 Å². The van der Waals surface area contributed by atoms with E-state index in [4.69, 9.17) is 16.3 Å². The Kier molecular flexibility index (Phi) is 5.76. The highest BCUT2D eigenvalue weighted by Crippen LogP contribution is 2.31. The van der Waals surface area contributed by atoms with E-state index >= 15 is 0 Å². The van der Waals surface area contributed by atoms with Gasteiger partial charge in [-0.2, -0.15) is 0 Å². The average Bonchev–Trinajstić information content (AvgIpc) is 3.22. The molecule has 29 heavy (non-hydrogen) atoms. The minimum atomic E-state index is -0.585. The summed E-state index contributed by atoms with van der Waals surface area (Å²) in [4.78, 5) is 27.1. The number of rotatable bonds is 4. The van der Waals surface area contributed by atoms with Crippen LogP contribution in [0.4, 0.5) is 5.69 Å². The molecule has 1 heterocycles. The summed E-state index contributed by atoms with van der Waals surface area (Å²) in [6.45, 7) is 2.56. The van der Waals surface area contributed by atoms with Crippen LogP contribution in [0, 0.1) is 5.92 Å². The van der Waals surface area contributed by atoms with Crippen molar-refractivity contribution in [2.24, 2.45) is 5.92 Å². The molecule has 0 unspecified atom stereocenters. The molecule has 4 rings (SSSR count). The normalized spacial score (nSPS) is 19.4. The summed E-state index contributed by atoms with van der Waals surface area (Å²) in [5.41, 5.74) is 2.51. The van der Waals surface area contributed by atoms with Crippen LogP contribution in [0.15, 0.2) is 42.5 Å². The van der Waals surface area contributed by atoms with E-state index in [1.165, 1.54) is 0 Å². The number of anilines is 1. The van der Waals surface area contributed by atoms with Gasteiger partial charge < -0.3 is 15.0 Å². The number of hydrogen-bond donors (Lipinski definition) is 1. The molecule has 2 amide bonds. The standard InChI is InChI=1S/C23H25ClN2O3/c1-15-23(28)26(13-17-8-4-5-9-20(17)24)14-18-12-19(10-11-21(18)29-15)25-22(27)16-6-2-3-7-16/h4-5,8-12,15-16H,2-3,6-7,13-14H2,1H3,(H,25,27)/t15-/m1/s1. The number of amides is 2. The zero-order valence-corrected chi connectivity index (χ0v) is 17.2. The molecule has 0 aromatic heterocycles. The third-order valence-corrected chi connectivity index (χ3v) is 6.07. The largest absolute Gasteiger partial charge is 0.481 e. The molecule has 2 aromatic carbocycles. The molecule has 1 saturated carbocycles. The molecule has 6 heteroatoms. The predicted molar refractivity (Wildman–Crippen MR) is 113 cm³/mol. The zero-order valence-electron chi connectivity index (χ0n) is 16.5. The topological polar surface area (TPSA) is 58.6 Å². The van der Waals surface area contributed by atoms with E-state index in [1.54, 1.807) is 11.8 Å². The molecular weight excluding hydrogens is 388 g/mol. The van der Waals surface area contributed by atoms with Gasteiger partial charge in [-0.1, -0.05) is 42.6 Å². The first-order chi connectivity index (χ1) is 14.0. The minimum absolute atomic E-state index is 0.0781. The maximum atomic E-state index is 12.9. The highest BCUT2D eigenvalue weighted by atomic mass is 35.5. The number of carbonyl (C=O) groups excluding carboxylic acids is 2. The second-order valence-corrected chi connectivity index (χ2v) is 8.25. The van der Waals surface area contributed by atoms with E-state index in [1.807, 2.05) is 42.5 Å². The molecule has 1 fully saturated rings. The lowest BCUT2D eigenvalue weighted by molar-refractivity contribution is -0.138. The van der Waals surface area contributed by atoms with Crippen LogP contribution >= 0.6 is 11.6 Å². The van der Waals surface area contributed by atoms with Crippen molar-refractivity contribution in [2.75, 3.05) is 5.32 Å². The quantitative estimate of drug-likeness (QED) is 0.786. The van der Waals surface area contributed by atoms with Gasteiger partial charge >= 0.3 is 0 Å². The number of nitrogens with one attached hydrogen (secondary N) is 1. The van der Waals surface area contributed by atoms with Crippen LogP contribution in [0.25, 0.3) is 0 Å². The zero-order chi connectivity index (χ0) is 20.4. The van der Waals surface area contributed by atoms with Crippen molar-refractivity contribution >= 4 is 29.1 Å². The summed E-state index contributed by atoms with van der Waals surface area (Å²) in [7, 11) is 0. The van der Waals surface area contributed by atoms with Gasteiger partial charge in [-0.3, -0.25) is 9.59 Å². The van der Waals surface area contributed by atoms with Crippen LogP contribution in [0.1, 0.15) is 43.7 Å². The first-order valence-corrected chi connectivity index (χ1v) is 10.5. The molecule has 0 spiro atoms. The van der Waals surface area contributed by atoms with E-state index in [9.17, 15) is 9.59 Å². The lowest BCUT2D eigenvalue weighted by Crippen LogP contribution is -2.37. The van der Waals surface area contributed by atoms with Crippen molar-refractivity contribution in [2.45, 2.75) is 51.8 Å². The van der Waals surface area contributed by atoms with Crippen LogP contribution in [-0.4, -0.2) is 22.8 Å². The van der Waals surface area contributed by atoms with Crippen molar-refractivity contribution in [1.29, 1.82) is 0 Å². The van der Waals surface area contributed by atoms with Crippen molar-refractivity contribution in [3.05, 3.63) is 58.6 Å². The van der Waals surface area contributed by atoms with Crippen LogP contribution < -0.4 is 10.1 Å². The van der Waals surface area contributed by atoms with Gasteiger partial charge in [0.1, 0.15) is 5.75 Å².